The third-order valence-electron chi connectivity index (χ3n) is 2.68. The van der Waals surface area contributed by atoms with Crippen LogP contribution in [0.3, 0.4) is 0 Å². The van der Waals surface area contributed by atoms with Crippen molar-refractivity contribution in [2.75, 3.05) is 5.32 Å². The monoisotopic (exact) mass is 386 g/mol. The van der Waals surface area contributed by atoms with Crippen LogP contribution in [-0.2, 0) is 0 Å². The Balaban J connectivity index is 2.27. The molecule has 0 aliphatic heterocycles. The minimum Gasteiger partial charge on any atom is -0.366 e. The van der Waals surface area contributed by atoms with Gasteiger partial charge in [0.05, 0.1) is 8.45 Å². The van der Waals surface area contributed by atoms with Crippen LogP contribution >= 0.6 is 33.9 Å². The fraction of sp³-hybridized carbons (Fsp3) is 0.0769. The van der Waals surface area contributed by atoms with Crippen molar-refractivity contribution in [1.29, 1.82) is 0 Å². The van der Waals surface area contributed by atoms with Gasteiger partial charge in [-0.25, -0.2) is 0 Å². The lowest BCUT2D eigenvalue weighted by atomic mass is 10.1. The molecule has 0 unspecified atom stereocenters. The van der Waals surface area contributed by atoms with E-state index >= 15 is 0 Å². The summed E-state index contributed by atoms with van der Waals surface area (Å²) in [7, 11) is 0. The average molecular weight is 386 g/mol. The maximum Gasteiger partial charge on any atom is 0.256 e. The third-order valence-corrected chi connectivity index (χ3v) is 4.47. The van der Waals surface area contributed by atoms with E-state index in [0.717, 1.165) is 2.88 Å². The molecule has 0 saturated carbocycles. The van der Waals surface area contributed by atoms with Crippen LogP contribution in [0.15, 0.2) is 29.6 Å². The van der Waals surface area contributed by atoms with Crippen molar-refractivity contribution >= 4 is 51.4 Å². The Morgan fingerprint density at radius 1 is 1.37 bits per heavy atom. The summed E-state index contributed by atoms with van der Waals surface area (Å²) >= 11 is 3.67. The van der Waals surface area contributed by atoms with E-state index in [1.807, 2.05) is 6.07 Å². The Bertz CT molecular complexity index is 652. The number of nitrogens with one attached hydrogen (secondary N) is 1. The lowest BCUT2D eigenvalue weighted by Crippen LogP contribution is -2.16. The van der Waals surface area contributed by atoms with Crippen LogP contribution in [0.1, 0.15) is 26.3 Å². The van der Waals surface area contributed by atoms with Gasteiger partial charge < -0.3 is 11.1 Å². The van der Waals surface area contributed by atoms with Crippen LogP contribution in [0.2, 0.25) is 0 Å². The molecule has 0 atom stereocenters. The van der Waals surface area contributed by atoms with Crippen molar-refractivity contribution in [3.8, 4) is 0 Å². The molecule has 2 rings (SSSR count). The van der Waals surface area contributed by atoms with Crippen LogP contribution in [-0.4, -0.2) is 11.8 Å². The Kier molecular flexibility index (Phi) is 4.20. The fourth-order valence-corrected chi connectivity index (χ4v) is 2.99. The second-order valence-corrected chi connectivity index (χ2v) is 6.74. The van der Waals surface area contributed by atoms with E-state index in [2.05, 4.69) is 27.9 Å². The molecular formula is C13H11IN2O2S. The molecule has 98 valence electrons. The summed E-state index contributed by atoms with van der Waals surface area (Å²) in [5, 5.41) is 4.59. The summed E-state index contributed by atoms with van der Waals surface area (Å²) in [5.74, 6) is -0.692. The minimum absolute atomic E-state index is 0.191. The number of amides is 2. The second-order valence-electron chi connectivity index (χ2n) is 3.94. The number of halogens is 1. The first kappa shape index (κ1) is 14.0. The third kappa shape index (κ3) is 3.13. The molecule has 0 spiro atoms. The molecule has 4 nitrogen and oxygen atoms in total. The molecule has 2 aromatic rings. The first-order chi connectivity index (χ1) is 8.99. The fourth-order valence-electron chi connectivity index (χ4n) is 1.66. The van der Waals surface area contributed by atoms with E-state index < -0.39 is 5.91 Å². The van der Waals surface area contributed by atoms with E-state index in [1.165, 1.54) is 11.3 Å². The Morgan fingerprint density at radius 3 is 2.68 bits per heavy atom. The van der Waals surface area contributed by atoms with Crippen LogP contribution in [0.5, 0.6) is 0 Å². The highest BCUT2D eigenvalue weighted by molar-refractivity contribution is 14.1. The molecule has 2 amide bonds. The zero-order valence-electron chi connectivity index (χ0n) is 10.1. The van der Waals surface area contributed by atoms with E-state index in [-0.39, 0.29) is 5.91 Å². The maximum atomic E-state index is 12.0. The molecule has 0 aliphatic rings. The highest BCUT2D eigenvalue weighted by Gasteiger charge is 2.12. The first-order valence-electron chi connectivity index (χ1n) is 5.44. The number of nitrogens with two attached hydrogens (primary N) is 1. The largest absolute Gasteiger partial charge is 0.366 e. The van der Waals surface area contributed by atoms with Gasteiger partial charge in [-0.05, 0) is 53.3 Å². The lowest BCUT2D eigenvalue weighted by molar-refractivity contribution is 0.0995. The zero-order valence-corrected chi connectivity index (χ0v) is 13.0. The van der Waals surface area contributed by atoms with Gasteiger partial charge in [-0.1, -0.05) is 6.07 Å². The van der Waals surface area contributed by atoms with Gasteiger partial charge in [0, 0.05) is 16.6 Å². The number of hydrogen-bond acceptors (Lipinski definition) is 3. The molecular weight excluding hydrogens is 375 g/mol. The van der Waals surface area contributed by atoms with E-state index in [4.69, 9.17) is 5.73 Å². The number of carbonyl (C=O) groups is 2. The summed E-state index contributed by atoms with van der Waals surface area (Å²) in [6.07, 6.45) is 0. The molecule has 0 fully saturated rings. The van der Waals surface area contributed by atoms with Gasteiger partial charge in [-0.15, -0.1) is 11.3 Å². The van der Waals surface area contributed by atoms with Crippen molar-refractivity contribution in [3.63, 3.8) is 0 Å². The van der Waals surface area contributed by atoms with Gasteiger partial charge in [-0.3, -0.25) is 9.59 Å². The number of rotatable bonds is 3. The standard InChI is InChI=1S/C13H11IN2O2S/c1-7-9(12(15)17)3-2-4-10(7)16-13(18)8-5-11(14)19-6-8/h2-6H,1H3,(H2,15,17)(H,16,18). The smallest absolute Gasteiger partial charge is 0.256 e. The quantitative estimate of drug-likeness (QED) is 0.797. The minimum atomic E-state index is -0.501. The van der Waals surface area contributed by atoms with Crippen molar-refractivity contribution in [2.45, 2.75) is 6.92 Å². The van der Waals surface area contributed by atoms with Crippen molar-refractivity contribution in [1.82, 2.24) is 0 Å². The van der Waals surface area contributed by atoms with Gasteiger partial charge in [-0.2, -0.15) is 0 Å². The molecule has 19 heavy (non-hydrogen) atoms. The number of benzene rings is 1. The van der Waals surface area contributed by atoms with Gasteiger partial charge >= 0.3 is 0 Å². The van der Waals surface area contributed by atoms with Gasteiger partial charge in [0.2, 0.25) is 5.91 Å². The first-order valence-corrected chi connectivity index (χ1v) is 7.39. The molecule has 0 aliphatic carbocycles. The number of anilines is 1. The molecule has 1 heterocycles. The SMILES string of the molecule is Cc1c(NC(=O)c2csc(I)c2)cccc1C(N)=O. The summed E-state index contributed by atoms with van der Waals surface area (Å²) < 4.78 is 1.05. The Morgan fingerprint density at radius 2 is 2.11 bits per heavy atom. The predicted molar refractivity (Wildman–Crippen MR) is 84.7 cm³/mol. The summed E-state index contributed by atoms with van der Waals surface area (Å²) in [5.41, 5.74) is 7.58. The lowest BCUT2D eigenvalue weighted by Gasteiger charge is -2.10. The summed E-state index contributed by atoms with van der Waals surface area (Å²) in [6.45, 7) is 1.76. The van der Waals surface area contributed by atoms with Gasteiger partial charge in [0.1, 0.15) is 0 Å². The van der Waals surface area contributed by atoms with Crippen LogP contribution in [0.25, 0.3) is 0 Å². The van der Waals surface area contributed by atoms with E-state index in [0.29, 0.717) is 22.4 Å². The van der Waals surface area contributed by atoms with Crippen molar-refractivity contribution in [2.24, 2.45) is 5.73 Å². The molecule has 6 heteroatoms. The number of hydrogen-bond donors (Lipinski definition) is 2. The van der Waals surface area contributed by atoms with E-state index in [9.17, 15) is 9.59 Å². The Hall–Kier alpha value is -1.41. The van der Waals surface area contributed by atoms with Crippen LogP contribution < -0.4 is 11.1 Å². The summed E-state index contributed by atoms with van der Waals surface area (Å²) in [6, 6.07) is 6.89. The molecule has 3 N–H and O–H groups in total. The van der Waals surface area contributed by atoms with Crippen LogP contribution in [0, 0.1) is 9.81 Å². The van der Waals surface area contributed by atoms with Crippen molar-refractivity contribution < 1.29 is 9.59 Å². The van der Waals surface area contributed by atoms with E-state index in [1.54, 1.807) is 30.5 Å². The normalized spacial score (nSPS) is 10.2. The van der Waals surface area contributed by atoms with Gasteiger partial charge in [0.15, 0.2) is 0 Å². The zero-order chi connectivity index (χ0) is 14.0. The van der Waals surface area contributed by atoms with Crippen molar-refractivity contribution in [3.05, 3.63) is 49.2 Å². The topological polar surface area (TPSA) is 72.2 Å². The summed E-state index contributed by atoms with van der Waals surface area (Å²) in [4.78, 5) is 23.3. The molecule has 1 aromatic carbocycles. The van der Waals surface area contributed by atoms with Crippen LogP contribution in [0.4, 0.5) is 5.69 Å². The molecule has 0 radical (unpaired) electrons. The highest BCUT2D eigenvalue weighted by Crippen LogP contribution is 2.21. The Labute approximate surface area is 128 Å². The van der Waals surface area contributed by atoms with Gasteiger partial charge in [0.25, 0.3) is 5.91 Å². The highest BCUT2D eigenvalue weighted by atomic mass is 127. The maximum absolute atomic E-state index is 12.0. The molecule has 1 aromatic heterocycles. The number of thiophene rings is 1. The number of primary amides is 1. The average Bonchev–Trinajstić information content (AvgIpc) is 2.78. The molecule has 0 bridgehead atoms. The second kappa shape index (κ2) is 5.70. The molecule has 0 saturated heterocycles. The predicted octanol–water partition coefficient (Wildman–Crippen LogP) is 3.01. The number of carbonyl (C=O) groups excluding carboxylic acids is 2.